The number of benzene rings is 1. The highest BCUT2D eigenvalue weighted by molar-refractivity contribution is 5.23. The van der Waals surface area contributed by atoms with Gasteiger partial charge >= 0.3 is 59.5 Å². The molecule has 0 saturated heterocycles. The minimum atomic E-state index is -9.16. The van der Waals surface area contributed by atoms with Crippen LogP contribution in [0.15, 0.2) is 24.3 Å². The number of nitrogens with one attached hydrogen (secondary N) is 1. The lowest BCUT2D eigenvalue weighted by Crippen LogP contribution is -2.76. The van der Waals surface area contributed by atoms with Crippen molar-refractivity contribution in [1.82, 2.24) is 5.32 Å². The smallest absolute Gasteiger partial charge is 0.313 e. The summed E-state index contributed by atoms with van der Waals surface area (Å²) in [5, 5.41) is 2.87. The molecule has 0 radical (unpaired) electrons. The summed E-state index contributed by atoms with van der Waals surface area (Å²) >= 11 is 0. The van der Waals surface area contributed by atoms with Crippen LogP contribution in [0.5, 0.6) is 0 Å². The fourth-order valence-electron chi connectivity index (χ4n) is 3.28. The first kappa shape index (κ1) is 39.7. The zero-order valence-electron chi connectivity index (χ0n) is 21.3. The van der Waals surface area contributed by atoms with E-state index in [0.29, 0.717) is 18.5 Å². The van der Waals surface area contributed by atoms with Gasteiger partial charge in [0, 0.05) is 13.0 Å². The van der Waals surface area contributed by atoms with E-state index in [1.54, 1.807) is 6.92 Å². The Labute approximate surface area is 232 Å². The summed E-state index contributed by atoms with van der Waals surface area (Å²) in [6, 6.07) is 4.21. The molecular weight excluding hydrogens is 677 g/mol. The van der Waals surface area contributed by atoms with Crippen molar-refractivity contribution in [3.05, 3.63) is 35.4 Å². The van der Waals surface area contributed by atoms with Gasteiger partial charge in [-0.3, -0.25) is 0 Å². The average Bonchev–Trinajstić information content (AvgIpc) is 2.86. The topological polar surface area (TPSA) is 12.0 Å². The summed E-state index contributed by atoms with van der Waals surface area (Å²) in [7, 11) is 0. The lowest BCUT2D eigenvalue weighted by molar-refractivity contribution is -0.474. The van der Waals surface area contributed by atoms with Crippen molar-refractivity contribution in [3.8, 4) is 0 Å². The molecule has 1 aromatic rings. The number of aryl methyl sites for hydroxylation is 1. The van der Waals surface area contributed by atoms with Crippen LogP contribution in [0.4, 0.5) is 92.2 Å². The monoisotopic (exact) mass is 695 g/mol. The molecule has 1 nitrogen and oxygen atoms in total. The van der Waals surface area contributed by atoms with E-state index in [4.69, 9.17) is 0 Å². The summed E-state index contributed by atoms with van der Waals surface area (Å²) in [6.45, 7) is 2.47. The normalized spacial score (nSPS) is 15.6. The van der Waals surface area contributed by atoms with Gasteiger partial charge in [0.2, 0.25) is 0 Å². The van der Waals surface area contributed by atoms with Crippen LogP contribution in [0.1, 0.15) is 30.9 Å². The molecule has 0 aromatic heterocycles. The van der Waals surface area contributed by atoms with E-state index in [0.717, 1.165) is 12.1 Å². The molecule has 1 N–H and O–H groups in total. The Morgan fingerprint density at radius 2 is 0.773 bits per heavy atom. The molecule has 22 heteroatoms. The summed E-state index contributed by atoms with van der Waals surface area (Å²) in [6.07, 6.45) is -11.4. The maximum atomic E-state index is 14.1. The Kier molecular flexibility index (Phi) is 10.7. The number of rotatable bonds is 15. The van der Waals surface area contributed by atoms with Crippen LogP contribution >= 0.6 is 0 Å². The fraction of sp³-hybridized carbons (Fsp3) is 0.727. The molecular formula is C22H18F21N. The van der Waals surface area contributed by atoms with Crippen LogP contribution in [0.2, 0.25) is 0 Å². The van der Waals surface area contributed by atoms with Crippen LogP contribution in [0, 0.1) is 0 Å². The zero-order chi connectivity index (χ0) is 35.2. The third-order valence-electron chi connectivity index (χ3n) is 6.08. The van der Waals surface area contributed by atoms with Gasteiger partial charge in [0.15, 0.2) is 0 Å². The van der Waals surface area contributed by atoms with E-state index < -0.39 is 77.9 Å². The fourth-order valence-corrected chi connectivity index (χ4v) is 3.28. The molecule has 0 aliphatic rings. The molecule has 0 fully saturated rings. The van der Waals surface area contributed by atoms with Crippen LogP contribution in [-0.2, 0) is 13.0 Å². The van der Waals surface area contributed by atoms with Crippen molar-refractivity contribution in [3.63, 3.8) is 0 Å². The summed E-state index contributed by atoms with van der Waals surface area (Å²) in [5.74, 6) is -76.7. The van der Waals surface area contributed by atoms with E-state index in [1.165, 1.54) is 12.1 Å². The second kappa shape index (κ2) is 11.8. The highest BCUT2D eigenvalue weighted by atomic mass is 19.4. The first-order valence-electron chi connectivity index (χ1n) is 11.5. The molecule has 0 unspecified atom stereocenters. The molecule has 0 atom stereocenters. The van der Waals surface area contributed by atoms with Crippen molar-refractivity contribution in [1.29, 1.82) is 0 Å². The van der Waals surface area contributed by atoms with Gasteiger partial charge < -0.3 is 5.32 Å². The first-order valence-corrected chi connectivity index (χ1v) is 11.5. The summed E-state index contributed by atoms with van der Waals surface area (Å²) in [4.78, 5) is 0. The maximum absolute atomic E-state index is 14.1. The molecule has 0 saturated carbocycles. The number of alkyl halides is 21. The first-order chi connectivity index (χ1) is 19.3. The number of halogens is 21. The van der Waals surface area contributed by atoms with E-state index in [2.05, 4.69) is 5.32 Å². The molecule has 1 aromatic carbocycles. The lowest BCUT2D eigenvalue weighted by atomic mass is 9.85. The molecule has 1 rings (SSSR count). The minimum Gasteiger partial charge on any atom is -0.313 e. The molecule has 44 heavy (non-hydrogen) atoms. The molecule has 0 heterocycles. The van der Waals surface area contributed by atoms with Crippen molar-refractivity contribution < 1.29 is 92.2 Å². The average molecular weight is 695 g/mol. The molecule has 0 bridgehead atoms. The van der Waals surface area contributed by atoms with Crippen LogP contribution in [0.25, 0.3) is 0 Å². The predicted octanol–water partition coefficient (Wildman–Crippen LogP) is 9.40. The number of hydrogen-bond donors (Lipinski definition) is 1. The Morgan fingerprint density at radius 1 is 0.455 bits per heavy atom. The highest BCUT2D eigenvalue weighted by Crippen LogP contribution is 2.66. The van der Waals surface area contributed by atoms with Crippen molar-refractivity contribution in [2.75, 3.05) is 6.54 Å². The van der Waals surface area contributed by atoms with Crippen molar-refractivity contribution in [2.24, 2.45) is 0 Å². The van der Waals surface area contributed by atoms with E-state index in [9.17, 15) is 92.2 Å². The van der Waals surface area contributed by atoms with Gasteiger partial charge in [-0.2, -0.15) is 92.2 Å². The molecule has 0 aliphatic carbocycles. The maximum Gasteiger partial charge on any atom is 0.460 e. The second-order valence-electron chi connectivity index (χ2n) is 9.29. The lowest BCUT2D eigenvalue weighted by Gasteiger charge is -2.44. The van der Waals surface area contributed by atoms with Crippen LogP contribution in [0.3, 0.4) is 0 Å². The third kappa shape index (κ3) is 5.99. The Hall–Kier alpha value is -2.29. The summed E-state index contributed by atoms with van der Waals surface area (Å²) in [5.41, 5.74) is 0.0446. The predicted molar refractivity (Wildman–Crippen MR) is 107 cm³/mol. The molecule has 0 amide bonds. The quantitative estimate of drug-likeness (QED) is 0.143. The van der Waals surface area contributed by atoms with Crippen molar-refractivity contribution in [2.45, 2.75) is 92.2 Å². The second-order valence-corrected chi connectivity index (χ2v) is 9.29. The van der Waals surface area contributed by atoms with Crippen LogP contribution < -0.4 is 5.32 Å². The van der Waals surface area contributed by atoms with Gasteiger partial charge in [-0.05, 0) is 30.5 Å². The van der Waals surface area contributed by atoms with Gasteiger partial charge in [0.05, 0.1) is 0 Å². The van der Waals surface area contributed by atoms with E-state index in [1.807, 2.05) is 0 Å². The minimum absolute atomic E-state index is 0.182. The molecule has 258 valence electrons. The van der Waals surface area contributed by atoms with E-state index >= 15 is 0 Å². The van der Waals surface area contributed by atoms with Gasteiger partial charge in [0.1, 0.15) is 0 Å². The Bertz CT molecular complexity index is 1100. The SMILES string of the molecule is CCCNCc1ccc(CCC(F)(F)C(F)(F)C(F)(F)C(F)(F)C(F)(F)C(F)(F)C(F)(F)C(F)(F)C(F)(F)C(F)(F)F)cc1. The van der Waals surface area contributed by atoms with Crippen molar-refractivity contribution >= 4 is 0 Å². The largest absolute Gasteiger partial charge is 0.460 e. The molecule has 0 spiro atoms. The van der Waals surface area contributed by atoms with E-state index in [-0.39, 0.29) is 6.54 Å². The highest BCUT2D eigenvalue weighted by Gasteiger charge is 2.97. The third-order valence-corrected chi connectivity index (χ3v) is 6.08. The summed E-state index contributed by atoms with van der Waals surface area (Å²) < 4.78 is 282. The van der Waals surface area contributed by atoms with Gasteiger partial charge in [-0.1, -0.05) is 31.2 Å². The van der Waals surface area contributed by atoms with Gasteiger partial charge in [-0.25, -0.2) is 0 Å². The number of hydrogen-bond acceptors (Lipinski definition) is 1. The Balaban J connectivity index is 3.47. The van der Waals surface area contributed by atoms with Gasteiger partial charge in [0.25, 0.3) is 0 Å². The standard InChI is InChI=1S/C22H18F21N/c1-2-9-44-10-12-5-3-11(4-6-12)7-8-13(23,24)14(25,26)15(27,28)16(29,30)17(31,32)18(33,34)19(35,36)20(37,38)21(39,40)22(41,42)43/h3-6,44H,2,7-10H2,1H3. The zero-order valence-corrected chi connectivity index (χ0v) is 21.3. The Morgan fingerprint density at radius 3 is 1.11 bits per heavy atom. The van der Waals surface area contributed by atoms with Gasteiger partial charge in [-0.15, -0.1) is 0 Å². The van der Waals surface area contributed by atoms with Crippen LogP contribution in [-0.4, -0.2) is 66.0 Å². The molecule has 0 aliphatic heterocycles.